The van der Waals surface area contributed by atoms with Crippen LogP contribution in [0.5, 0.6) is 0 Å². The summed E-state index contributed by atoms with van der Waals surface area (Å²) in [5.74, 6) is -0.401. The first-order valence-corrected chi connectivity index (χ1v) is 6.94. The van der Waals surface area contributed by atoms with Gasteiger partial charge >= 0.3 is 0 Å². The number of aromatic amines is 1. The Labute approximate surface area is 128 Å². The lowest BCUT2D eigenvalue weighted by Crippen LogP contribution is -2.21. The highest BCUT2D eigenvalue weighted by molar-refractivity contribution is 5.79. The predicted octanol–water partition coefficient (Wildman–Crippen LogP) is 1.22. The second-order valence-electron chi connectivity index (χ2n) is 5.15. The molecule has 4 aromatic rings. The van der Waals surface area contributed by atoms with Crippen LogP contribution in [0.1, 0.15) is 5.56 Å². The average molecular weight is 307 g/mol. The Balaban J connectivity index is 2.14. The number of rotatable bonds is 1. The lowest BCUT2D eigenvalue weighted by Gasteiger charge is -1.97. The maximum absolute atomic E-state index is 13.3. The lowest BCUT2D eigenvalue weighted by atomic mass is 10.2. The Morgan fingerprint density at radius 1 is 1.09 bits per heavy atom. The molecule has 112 valence electrons. The molecule has 6 heteroatoms. The third-order valence-electron chi connectivity index (χ3n) is 3.63. The fourth-order valence-corrected chi connectivity index (χ4v) is 2.57. The van der Waals surface area contributed by atoms with Gasteiger partial charge in [0.25, 0.3) is 11.1 Å². The number of para-hydroxylation sites is 1. The summed E-state index contributed by atoms with van der Waals surface area (Å²) in [7, 11) is 0. The number of nitrogens with zero attached hydrogens (tertiary/aromatic N) is 2. The van der Waals surface area contributed by atoms with E-state index in [0.717, 1.165) is 4.52 Å². The van der Waals surface area contributed by atoms with E-state index < -0.39 is 11.4 Å². The highest BCUT2D eigenvalue weighted by atomic mass is 19.1. The van der Waals surface area contributed by atoms with Crippen molar-refractivity contribution in [1.29, 1.82) is 0 Å². The number of halogens is 1. The Bertz CT molecular complexity index is 1220. The van der Waals surface area contributed by atoms with E-state index in [9.17, 15) is 14.0 Å². The SMILES string of the molecule is O=c1[nH]n2c(=O)c3ccccc3nc2/c1=C/c1cccc(F)c1. The van der Waals surface area contributed by atoms with Crippen LogP contribution >= 0.6 is 0 Å². The molecular weight excluding hydrogens is 297 g/mol. The lowest BCUT2D eigenvalue weighted by molar-refractivity contribution is 0.627. The fraction of sp³-hybridized carbons (Fsp3) is 0. The number of benzene rings is 2. The van der Waals surface area contributed by atoms with Gasteiger partial charge in [0.2, 0.25) is 0 Å². The Kier molecular flexibility index (Phi) is 2.84. The number of H-pyrrole nitrogens is 1. The van der Waals surface area contributed by atoms with E-state index in [1.54, 1.807) is 36.4 Å². The number of aromatic nitrogens is 3. The van der Waals surface area contributed by atoms with E-state index in [4.69, 9.17) is 0 Å². The van der Waals surface area contributed by atoms with Crippen molar-refractivity contribution < 1.29 is 4.39 Å². The van der Waals surface area contributed by atoms with E-state index in [1.165, 1.54) is 18.2 Å². The molecule has 0 aliphatic rings. The van der Waals surface area contributed by atoms with Crippen molar-refractivity contribution in [3.63, 3.8) is 0 Å². The van der Waals surface area contributed by atoms with Crippen LogP contribution in [0.2, 0.25) is 0 Å². The van der Waals surface area contributed by atoms with Gasteiger partial charge in [-0.05, 0) is 35.9 Å². The van der Waals surface area contributed by atoms with Crippen molar-refractivity contribution in [2.45, 2.75) is 0 Å². The summed E-state index contributed by atoms with van der Waals surface area (Å²) >= 11 is 0. The van der Waals surface area contributed by atoms with Crippen molar-refractivity contribution in [3.05, 3.63) is 85.8 Å². The summed E-state index contributed by atoms with van der Waals surface area (Å²) in [6.07, 6.45) is 1.51. The van der Waals surface area contributed by atoms with Crippen LogP contribution in [0, 0.1) is 5.82 Å². The van der Waals surface area contributed by atoms with Gasteiger partial charge in [0, 0.05) is 0 Å². The van der Waals surface area contributed by atoms with E-state index in [0.29, 0.717) is 16.5 Å². The third-order valence-corrected chi connectivity index (χ3v) is 3.63. The minimum absolute atomic E-state index is 0.221. The molecule has 0 amide bonds. The van der Waals surface area contributed by atoms with Gasteiger partial charge in [-0.15, -0.1) is 0 Å². The predicted molar refractivity (Wildman–Crippen MR) is 84.8 cm³/mol. The first kappa shape index (κ1) is 13.4. The molecular formula is C17H10FN3O2. The summed E-state index contributed by atoms with van der Waals surface area (Å²) < 4.78 is 14.4. The molecule has 0 fully saturated rings. The fourth-order valence-electron chi connectivity index (χ4n) is 2.57. The molecule has 0 aliphatic heterocycles. The number of hydrogen-bond acceptors (Lipinski definition) is 3. The van der Waals surface area contributed by atoms with E-state index in [-0.39, 0.29) is 16.4 Å². The van der Waals surface area contributed by atoms with Gasteiger partial charge in [0.1, 0.15) is 5.82 Å². The van der Waals surface area contributed by atoms with Crippen molar-refractivity contribution in [2.75, 3.05) is 0 Å². The molecule has 5 nitrogen and oxygen atoms in total. The van der Waals surface area contributed by atoms with Crippen LogP contribution in [-0.2, 0) is 0 Å². The summed E-state index contributed by atoms with van der Waals surface area (Å²) in [4.78, 5) is 29.0. The largest absolute Gasteiger partial charge is 0.280 e. The maximum atomic E-state index is 13.3. The van der Waals surface area contributed by atoms with Gasteiger partial charge in [0.05, 0.1) is 16.1 Å². The molecule has 0 aliphatic carbocycles. The Morgan fingerprint density at radius 2 is 1.91 bits per heavy atom. The second-order valence-corrected chi connectivity index (χ2v) is 5.15. The highest BCUT2D eigenvalue weighted by Crippen LogP contribution is 2.07. The zero-order valence-electron chi connectivity index (χ0n) is 11.8. The van der Waals surface area contributed by atoms with Gasteiger partial charge in [-0.2, -0.15) is 4.52 Å². The van der Waals surface area contributed by atoms with Gasteiger partial charge < -0.3 is 0 Å². The molecule has 2 aromatic heterocycles. The van der Waals surface area contributed by atoms with Crippen molar-refractivity contribution in [3.8, 4) is 0 Å². The standard InChI is InChI=1S/C17H10FN3O2/c18-11-5-3-4-10(8-11)9-13-15-19-14-7-2-1-6-12(14)17(23)21(15)20-16(13)22/h1-9H,(H,20,22)/b13-9-. The van der Waals surface area contributed by atoms with E-state index >= 15 is 0 Å². The van der Waals surface area contributed by atoms with E-state index in [1.807, 2.05) is 0 Å². The maximum Gasteiger partial charge on any atom is 0.280 e. The quantitative estimate of drug-likeness (QED) is 0.575. The van der Waals surface area contributed by atoms with Crippen molar-refractivity contribution in [2.24, 2.45) is 0 Å². The minimum atomic E-state index is -0.450. The molecule has 1 N–H and O–H groups in total. The van der Waals surface area contributed by atoms with Crippen LogP contribution in [0.3, 0.4) is 0 Å². The van der Waals surface area contributed by atoms with Crippen LogP contribution < -0.4 is 16.3 Å². The second kappa shape index (κ2) is 4.88. The molecule has 2 heterocycles. The van der Waals surface area contributed by atoms with Crippen LogP contribution in [0.15, 0.2) is 58.1 Å². The number of nitrogens with one attached hydrogen (secondary N) is 1. The molecule has 0 saturated carbocycles. The van der Waals surface area contributed by atoms with Crippen LogP contribution in [0.25, 0.3) is 22.6 Å². The average Bonchev–Trinajstić information content (AvgIpc) is 2.85. The topological polar surface area (TPSA) is 67.2 Å². The van der Waals surface area contributed by atoms with Gasteiger partial charge in [-0.25, -0.2) is 9.37 Å². The van der Waals surface area contributed by atoms with Crippen molar-refractivity contribution >= 4 is 22.6 Å². The first-order chi connectivity index (χ1) is 11.1. The molecule has 0 unspecified atom stereocenters. The van der Waals surface area contributed by atoms with Crippen molar-refractivity contribution in [1.82, 2.24) is 14.6 Å². The molecule has 23 heavy (non-hydrogen) atoms. The van der Waals surface area contributed by atoms with Gasteiger partial charge in [-0.1, -0.05) is 24.3 Å². The highest BCUT2D eigenvalue weighted by Gasteiger charge is 2.10. The summed E-state index contributed by atoms with van der Waals surface area (Å²) in [6, 6.07) is 12.7. The molecule has 0 bridgehead atoms. The Morgan fingerprint density at radius 3 is 2.74 bits per heavy atom. The molecule has 0 saturated heterocycles. The zero-order valence-corrected chi connectivity index (χ0v) is 11.8. The molecule has 0 atom stereocenters. The Hall–Kier alpha value is -3.28. The molecule has 0 radical (unpaired) electrons. The van der Waals surface area contributed by atoms with Gasteiger partial charge in [0.15, 0.2) is 5.65 Å². The normalized spacial score (nSPS) is 12.3. The van der Waals surface area contributed by atoms with Crippen LogP contribution in [0.4, 0.5) is 4.39 Å². The molecule has 2 aromatic carbocycles. The minimum Gasteiger partial charge on any atom is -0.267 e. The first-order valence-electron chi connectivity index (χ1n) is 6.94. The smallest absolute Gasteiger partial charge is 0.267 e. The monoisotopic (exact) mass is 307 g/mol. The molecule has 0 spiro atoms. The summed E-state index contributed by atoms with van der Waals surface area (Å²) in [5.41, 5.74) is 0.454. The summed E-state index contributed by atoms with van der Waals surface area (Å²) in [5, 5.41) is 3.12. The van der Waals surface area contributed by atoms with Crippen LogP contribution in [-0.4, -0.2) is 14.6 Å². The van der Waals surface area contributed by atoms with E-state index in [2.05, 4.69) is 10.1 Å². The number of fused-ring (bicyclic) bond motifs is 2. The summed E-state index contributed by atoms with van der Waals surface area (Å²) in [6.45, 7) is 0. The number of hydrogen-bond donors (Lipinski definition) is 1. The zero-order chi connectivity index (χ0) is 16.0. The third kappa shape index (κ3) is 2.12. The molecule has 4 rings (SSSR count). The van der Waals surface area contributed by atoms with Gasteiger partial charge in [-0.3, -0.25) is 14.7 Å².